The van der Waals surface area contributed by atoms with Crippen molar-refractivity contribution in [2.45, 2.75) is 13.8 Å². The van der Waals surface area contributed by atoms with Crippen LogP contribution in [0.1, 0.15) is 29.8 Å². The van der Waals surface area contributed by atoms with Crippen LogP contribution in [0.5, 0.6) is 11.5 Å². The normalized spacial score (nSPS) is 14.0. The molecule has 1 aliphatic heterocycles. The van der Waals surface area contributed by atoms with Gasteiger partial charge in [-0.25, -0.2) is 0 Å². The van der Waals surface area contributed by atoms with Crippen LogP contribution < -0.4 is 20.1 Å². The molecule has 1 heterocycles. The van der Waals surface area contributed by atoms with Crippen LogP contribution in [0.2, 0.25) is 0 Å². The van der Waals surface area contributed by atoms with Gasteiger partial charge in [-0.2, -0.15) is 0 Å². The third-order valence-electron chi connectivity index (χ3n) is 4.34. The number of ketones is 1. The summed E-state index contributed by atoms with van der Waals surface area (Å²) in [5, 5.41) is 0. The second-order valence-corrected chi connectivity index (χ2v) is 6.12. The highest BCUT2D eigenvalue weighted by Gasteiger charge is 2.27. The van der Waals surface area contributed by atoms with Gasteiger partial charge in [-0.1, -0.05) is 12.1 Å². The maximum absolute atomic E-state index is 12.5. The summed E-state index contributed by atoms with van der Waals surface area (Å²) < 4.78 is 10.9. The highest BCUT2D eigenvalue weighted by molar-refractivity contribution is 6.14. The molecule has 1 amide bonds. The highest BCUT2D eigenvalue weighted by atomic mass is 16.5. The third-order valence-corrected chi connectivity index (χ3v) is 4.34. The molecule has 27 heavy (non-hydrogen) atoms. The molecule has 0 aliphatic carbocycles. The van der Waals surface area contributed by atoms with E-state index in [4.69, 9.17) is 15.2 Å². The van der Waals surface area contributed by atoms with Gasteiger partial charge in [0.1, 0.15) is 11.5 Å². The Kier molecular flexibility index (Phi) is 5.45. The first-order valence-electron chi connectivity index (χ1n) is 8.86. The molecular formula is C21H22N2O4. The molecule has 1 aliphatic rings. The van der Waals surface area contributed by atoms with E-state index >= 15 is 0 Å². The van der Waals surface area contributed by atoms with Crippen molar-refractivity contribution in [3.63, 3.8) is 0 Å². The summed E-state index contributed by atoms with van der Waals surface area (Å²) in [5.41, 5.74) is 7.55. The molecule has 2 N–H and O–H groups in total. The monoisotopic (exact) mass is 366 g/mol. The maximum atomic E-state index is 12.5. The molecule has 2 aromatic rings. The molecular weight excluding hydrogens is 344 g/mol. The van der Waals surface area contributed by atoms with E-state index in [1.165, 1.54) is 0 Å². The van der Waals surface area contributed by atoms with Crippen LogP contribution in [-0.4, -0.2) is 31.4 Å². The molecule has 0 saturated heterocycles. The van der Waals surface area contributed by atoms with Crippen LogP contribution in [0.3, 0.4) is 0 Å². The number of fused-ring (bicyclic) bond motifs is 1. The van der Waals surface area contributed by atoms with Crippen LogP contribution >= 0.6 is 0 Å². The van der Waals surface area contributed by atoms with Gasteiger partial charge in [-0.05, 0) is 49.8 Å². The van der Waals surface area contributed by atoms with Crippen LogP contribution in [0, 0.1) is 0 Å². The van der Waals surface area contributed by atoms with Crippen LogP contribution in [0.15, 0.2) is 48.2 Å². The standard InChI is InChI=1S/C21H22N2O4/c1-3-23(4-2)15-7-5-14(6-8-15)11-19-21(25)17-10-9-16(12-18(17)27-19)26-13-20(22)24/h5-12H,3-4,13H2,1-2H3,(H2,22,24)/b19-11-. The Morgan fingerprint density at radius 3 is 2.48 bits per heavy atom. The van der Waals surface area contributed by atoms with Crippen molar-refractivity contribution < 1.29 is 19.1 Å². The number of anilines is 1. The fourth-order valence-electron chi connectivity index (χ4n) is 2.93. The second-order valence-electron chi connectivity index (χ2n) is 6.12. The fraction of sp³-hybridized carbons (Fsp3) is 0.238. The van der Waals surface area contributed by atoms with E-state index in [9.17, 15) is 9.59 Å². The Morgan fingerprint density at radius 2 is 1.85 bits per heavy atom. The number of hydrogen-bond donors (Lipinski definition) is 1. The van der Waals surface area contributed by atoms with Crippen molar-refractivity contribution >= 4 is 23.5 Å². The first-order valence-corrected chi connectivity index (χ1v) is 8.86. The minimum absolute atomic E-state index is 0.181. The number of Topliss-reactive ketones (excluding diaryl/α,β-unsaturated/α-hetero) is 1. The molecule has 140 valence electrons. The SMILES string of the molecule is CCN(CC)c1ccc(/C=C2\Oc3cc(OCC(N)=O)ccc3C2=O)cc1. The van der Waals surface area contributed by atoms with Gasteiger partial charge in [0.25, 0.3) is 5.91 Å². The van der Waals surface area contributed by atoms with Gasteiger partial charge in [0.15, 0.2) is 12.4 Å². The van der Waals surface area contributed by atoms with E-state index in [0.717, 1.165) is 24.3 Å². The number of nitrogens with zero attached hydrogens (tertiary/aromatic N) is 1. The predicted molar refractivity (Wildman–Crippen MR) is 104 cm³/mol. The van der Waals surface area contributed by atoms with Crippen LogP contribution in [-0.2, 0) is 4.79 Å². The minimum atomic E-state index is -0.568. The van der Waals surface area contributed by atoms with E-state index in [1.54, 1.807) is 24.3 Å². The molecule has 6 nitrogen and oxygen atoms in total. The number of hydrogen-bond acceptors (Lipinski definition) is 5. The Balaban J connectivity index is 1.77. The number of nitrogens with two attached hydrogens (primary N) is 1. The van der Waals surface area contributed by atoms with Crippen LogP contribution in [0.4, 0.5) is 5.69 Å². The molecule has 0 radical (unpaired) electrons. The highest BCUT2D eigenvalue weighted by Crippen LogP contribution is 2.35. The number of rotatable bonds is 7. The molecule has 0 aromatic heterocycles. The molecule has 6 heteroatoms. The van der Waals surface area contributed by atoms with Crippen molar-refractivity contribution in [2.75, 3.05) is 24.6 Å². The van der Waals surface area contributed by atoms with Gasteiger partial charge in [0.05, 0.1) is 5.56 Å². The van der Waals surface area contributed by atoms with Gasteiger partial charge >= 0.3 is 0 Å². The summed E-state index contributed by atoms with van der Waals surface area (Å²) in [4.78, 5) is 25.6. The lowest BCUT2D eigenvalue weighted by atomic mass is 10.1. The lowest BCUT2D eigenvalue weighted by molar-refractivity contribution is -0.119. The Morgan fingerprint density at radius 1 is 1.15 bits per heavy atom. The summed E-state index contributed by atoms with van der Waals surface area (Å²) >= 11 is 0. The summed E-state index contributed by atoms with van der Waals surface area (Å²) in [6, 6.07) is 12.8. The summed E-state index contributed by atoms with van der Waals surface area (Å²) in [7, 11) is 0. The van der Waals surface area contributed by atoms with E-state index in [2.05, 4.69) is 18.7 Å². The minimum Gasteiger partial charge on any atom is -0.484 e. The predicted octanol–water partition coefficient (Wildman–Crippen LogP) is 3.01. The van der Waals surface area contributed by atoms with Crippen molar-refractivity contribution in [1.82, 2.24) is 0 Å². The molecule has 0 spiro atoms. The number of ether oxygens (including phenoxy) is 2. The molecule has 0 bridgehead atoms. The lowest BCUT2D eigenvalue weighted by Gasteiger charge is -2.20. The molecule has 0 unspecified atom stereocenters. The molecule has 0 saturated carbocycles. The van der Waals surface area contributed by atoms with Crippen LogP contribution in [0.25, 0.3) is 6.08 Å². The Labute approximate surface area is 158 Å². The summed E-state index contributed by atoms with van der Waals surface area (Å²) in [6.45, 7) is 5.88. The molecule has 0 fully saturated rings. The summed E-state index contributed by atoms with van der Waals surface area (Å²) in [5.74, 6) is 0.339. The van der Waals surface area contributed by atoms with Gasteiger partial charge in [-0.15, -0.1) is 0 Å². The van der Waals surface area contributed by atoms with E-state index in [0.29, 0.717) is 17.1 Å². The smallest absolute Gasteiger partial charge is 0.255 e. The zero-order valence-corrected chi connectivity index (χ0v) is 15.4. The molecule has 0 atom stereocenters. The largest absolute Gasteiger partial charge is 0.484 e. The average molecular weight is 366 g/mol. The number of allylic oxidation sites excluding steroid dienone is 1. The first kappa shape index (κ1) is 18.5. The van der Waals surface area contributed by atoms with Crippen molar-refractivity contribution in [1.29, 1.82) is 0 Å². The zero-order chi connectivity index (χ0) is 19.4. The zero-order valence-electron chi connectivity index (χ0n) is 15.4. The fourth-order valence-corrected chi connectivity index (χ4v) is 2.93. The van der Waals surface area contributed by atoms with Gasteiger partial charge in [0, 0.05) is 24.8 Å². The van der Waals surface area contributed by atoms with Gasteiger partial charge < -0.3 is 20.1 Å². The maximum Gasteiger partial charge on any atom is 0.255 e. The van der Waals surface area contributed by atoms with E-state index < -0.39 is 5.91 Å². The number of amides is 1. The first-order chi connectivity index (χ1) is 13.0. The third kappa shape index (κ3) is 4.11. The second kappa shape index (κ2) is 7.95. The topological polar surface area (TPSA) is 81.9 Å². The number of primary amides is 1. The Hall–Kier alpha value is -3.28. The number of carbonyl (C=O) groups is 2. The number of carbonyl (C=O) groups excluding carboxylic acids is 2. The molecule has 3 rings (SSSR count). The van der Waals surface area contributed by atoms with Crippen molar-refractivity contribution in [3.8, 4) is 11.5 Å². The Bertz CT molecular complexity index is 884. The van der Waals surface area contributed by atoms with Gasteiger partial charge in [-0.3, -0.25) is 9.59 Å². The van der Waals surface area contributed by atoms with Crippen molar-refractivity contribution in [2.24, 2.45) is 5.73 Å². The molecule has 2 aromatic carbocycles. The summed E-state index contributed by atoms with van der Waals surface area (Å²) in [6.07, 6.45) is 1.72. The van der Waals surface area contributed by atoms with Crippen molar-refractivity contribution in [3.05, 3.63) is 59.4 Å². The van der Waals surface area contributed by atoms with Gasteiger partial charge in [0.2, 0.25) is 5.78 Å². The van der Waals surface area contributed by atoms with E-state index in [1.807, 2.05) is 24.3 Å². The average Bonchev–Trinajstić information content (AvgIpc) is 2.97. The lowest BCUT2D eigenvalue weighted by Crippen LogP contribution is -2.21. The van der Waals surface area contributed by atoms with E-state index in [-0.39, 0.29) is 18.1 Å². The quantitative estimate of drug-likeness (QED) is 0.762. The number of benzene rings is 2.